The van der Waals surface area contributed by atoms with E-state index in [0.717, 1.165) is 41.0 Å². The molecule has 0 radical (unpaired) electrons. The number of rotatable bonds is 12. The second-order valence-corrected chi connectivity index (χ2v) is 9.63. The molecule has 0 saturated heterocycles. The summed E-state index contributed by atoms with van der Waals surface area (Å²) in [6, 6.07) is 22.1. The Bertz CT molecular complexity index is 1470. The monoisotopic (exact) mass is 530 g/mol. The predicted molar refractivity (Wildman–Crippen MR) is 146 cm³/mol. The van der Waals surface area contributed by atoms with Gasteiger partial charge in [0.15, 0.2) is 0 Å². The van der Waals surface area contributed by atoms with E-state index in [4.69, 9.17) is 0 Å². The molecule has 202 valence electrons. The molecule has 0 aliphatic rings. The maximum atomic E-state index is 14.8. The molecule has 0 fully saturated rings. The predicted octanol–water partition coefficient (Wildman–Crippen LogP) is 6.59. The van der Waals surface area contributed by atoms with E-state index in [1.165, 1.54) is 0 Å². The maximum absolute atomic E-state index is 14.8. The molecule has 0 amide bonds. The average molecular weight is 531 g/mol. The number of aromatic nitrogens is 8. The number of hydrogen-bond donors (Lipinski definition) is 1. The zero-order chi connectivity index (χ0) is 27.2. The highest BCUT2D eigenvalue weighted by molar-refractivity contribution is 5.70. The molecular weight excluding hydrogens is 498 g/mol. The van der Waals surface area contributed by atoms with Gasteiger partial charge in [0, 0.05) is 18.5 Å². The van der Waals surface area contributed by atoms with Crippen LogP contribution >= 0.6 is 0 Å². The Labute approximate surface area is 226 Å². The van der Waals surface area contributed by atoms with Gasteiger partial charge in [-0.15, -0.1) is 15.3 Å². The summed E-state index contributed by atoms with van der Waals surface area (Å²) in [5.74, 6) is -2.31. The second-order valence-electron chi connectivity index (χ2n) is 9.63. The maximum Gasteiger partial charge on any atom is 0.308 e. The van der Waals surface area contributed by atoms with Gasteiger partial charge in [0.2, 0.25) is 11.6 Å². The van der Waals surface area contributed by atoms with Crippen LogP contribution in [-0.2, 0) is 18.9 Å². The number of aryl methyl sites for hydroxylation is 1. The lowest BCUT2D eigenvalue weighted by atomic mass is 10.1. The Morgan fingerprint density at radius 2 is 1.62 bits per heavy atom. The molecule has 0 aliphatic heterocycles. The third-order valence-electron chi connectivity index (χ3n) is 6.73. The topological polar surface area (TPSA) is 90.1 Å². The highest BCUT2D eigenvalue weighted by Crippen LogP contribution is 2.32. The number of tetrazole rings is 1. The Morgan fingerprint density at radius 3 is 2.31 bits per heavy atom. The summed E-state index contributed by atoms with van der Waals surface area (Å²) >= 11 is 0. The Hall–Kier alpha value is -4.21. The van der Waals surface area contributed by atoms with E-state index < -0.39 is 5.92 Å². The van der Waals surface area contributed by atoms with E-state index >= 15 is 0 Å². The molecule has 3 heterocycles. The fourth-order valence-electron chi connectivity index (χ4n) is 4.60. The lowest BCUT2D eigenvalue weighted by Gasteiger charge is -2.14. The quantitative estimate of drug-likeness (QED) is 0.197. The zero-order valence-corrected chi connectivity index (χ0v) is 22.2. The normalized spacial score (nSPS) is 11.8. The van der Waals surface area contributed by atoms with Crippen molar-refractivity contribution < 1.29 is 8.78 Å². The van der Waals surface area contributed by atoms with Crippen molar-refractivity contribution in [2.75, 3.05) is 0 Å². The average Bonchev–Trinajstić information content (AvgIpc) is 3.72. The van der Waals surface area contributed by atoms with Crippen LogP contribution < -0.4 is 0 Å². The van der Waals surface area contributed by atoms with Gasteiger partial charge in [0.1, 0.15) is 5.82 Å². The van der Waals surface area contributed by atoms with E-state index in [1.54, 1.807) is 4.68 Å². The van der Waals surface area contributed by atoms with Gasteiger partial charge in [-0.05, 0) is 53.4 Å². The van der Waals surface area contributed by atoms with Crippen molar-refractivity contribution in [2.45, 2.75) is 64.8 Å². The van der Waals surface area contributed by atoms with Crippen molar-refractivity contribution in [1.29, 1.82) is 0 Å². The number of hydrogen-bond acceptors (Lipinski definition) is 5. The Kier molecular flexibility index (Phi) is 7.90. The van der Waals surface area contributed by atoms with E-state index in [0.29, 0.717) is 37.5 Å². The van der Waals surface area contributed by atoms with Crippen molar-refractivity contribution in [2.24, 2.45) is 0 Å². The minimum absolute atomic E-state index is 0.237. The Balaban J connectivity index is 1.46. The fourth-order valence-corrected chi connectivity index (χ4v) is 4.60. The van der Waals surface area contributed by atoms with Crippen LogP contribution in [0.3, 0.4) is 0 Å². The van der Waals surface area contributed by atoms with Gasteiger partial charge in [-0.1, -0.05) is 69.2 Å². The zero-order valence-electron chi connectivity index (χ0n) is 22.2. The number of unbranched alkanes of at least 4 members (excludes halogenated alkanes) is 2. The molecule has 0 bridgehead atoms. The molecule has 0 saturated carbocycles. The molecular formula is C29H32F2N8. The molecule has 39 heavy (non-hydrogen) atoms. The SMILES string of the molecule is CCCCc1nc(C(F)(F)CCCC)nn1Cc1ccc(-n2c(-c3ccccc3)ccc2-c2nn[nH]n2)cc1. The molecule has 0 atom stereocenters. The number of H-pyrrole nitrogens is 1. The van der Waals surface area contributed by atoms with E-state index in [1.807, 2.05) is 61.5 Å². The fraction of sp³-hybridized carbons (Fsp3) is 0.345. The smallest absolute Gasteiger partial charge is 0.306 e. The molecule has 1 N–H and O–H groups in total. The van der Waals surface area contributed by atoms with Gasteiger partial charge in [0.05, 0.1) is 17.9 Å². The van der Waals surface area contributed by atoms with Crippen molar-refractivity contribution >= 4 is 0 Å². The van der Waals surface area contributed by atoms with Gasteiger partial charge < -0.3 is 4.57 Å². The molecule has 0 unspecified atom stereocenters. The molecule has 5 rings (SSSR count). The van der Waals surface area contributed by atoms with Crippen LogP contribution in [0.5, 0.6) is 0 Å². The van der Waals surface area contributed by atoms with E-state index in [-0.39, 0.29) is 12.2 Å². The van der Waals surface area contributed by atoms with Crippen molar-refractivity contribution in [1.82, 2.24) is 40.0 Å². The third-order valence-corrected chi connectivity index (χ3v) is 6.73. The number of nitrogens with one attached hydrogen (secondary N) is 1. The minimum Gasteiger partial charge on any atom is -0.306 e. The molecule has 5 aromatic rings. The molecule has 0 spiro atoms. The third kappa shape index (κ3) is 5.79. The van der Waals surface area contributed by atoms with Crippen LogP contribution in [0, 0.1) is 0 Å². The van der Waals surface area contributed by atoms with Crippen LogP contribution in [0.4, 0.5) is 8.78 Å². The van der Waals surface area contributed by atoms with Crippen LogP contribution in [0.1, 0.15) is 63.2 Å². The summed E-state index contributed by atoms with van der Waals surface area (Å²) in [6.45, 7) is 4.34. The summed E-state index contributed by atoms with van der Waals surface area (Å²) in [5.41, 5.74) is 4.70. The molecule has 0 aliphatic carbocycles. The van der Waals surface area contributed by atoms with Gasteiger partial charge in [-0.2, -0.15) is 14.0 Å². The second kappa shape index (κ2) is 11.7. The van der Waals surface area contributed by atoms with Crippen LogP contribution in [0.15, 0.2) is 66.7 Å². The first-order valence-corrected chi connectivity index (χ1v) is 13.4. The highest BCUT2D eigenvalue weighted by atomic mass is 19.3. The summed E-state index contributed by atoms with van der Waals surface area (Å²) in [4.78, 5) is 4.29. The number of benzene rings is 2. The molecule has 3 aromatic heterocycles. The van der Waals surface area contributed by atoms with Crippen LogP contribution in [0.2, 0.25) is 0 Å². The number of halogens is 2. The van der Waals surface area contributed by atoms with Gasteiger partial charge in [0.25, 0.3) is 0 Å². The number of nitrogens with zero attached hydrogens (tertiary/aromatic N) is 7. The van der Waals surface area contributed by atoms with Crippen LogP contribution in [0.25, 0.3) is 28.5 Å². The van der Waals surface area contributed by atoms with Gasteiger partial charge in [-0.25, -0.2) is 9.67 Å². The largest absolute Gasteiger partial charge is 0.308 e. The first kappa shape index (κ1) is 26.4. The standard InChI is InChI=1S/C29H32F2N8/c1-3-5-12-26-32-28(29(30,31)19-6-4-2)35-38(26)20-21-13-15-23(16-14-21)39-24(22-10-8-7-9-11-22)17-18-25(39)27-33-36-37-34-27/h7-11,13-18H,3-6,12,19-20H2,1-2H3,(H,33,34,36,37). The summed E-state index contributed by atoms with van der Waals surface area (Å²) in [5, 5.41) is 18.9. The summed E-state index contributed by atoms with van der Waals surface area (Å²) in [7, 11) is 0. The molecule has 2 aromatic carbocycles. The molecule has 10 heteroatoms. The number of aromatic amines is 1. The van der Waals surface area contributed by atoms with Crippen molar-refractivity contribution in [3.63, 3.8) is 0 Å². The van der Waals surface area contributed by atoms with Gasteiger partial charge >= 0.3 is 5.92 Å². The van der Waals surface area contributed by atoms with E-state index in [9.17, 15) is 8.78 Å². The first-order valence-electron chi connectivity index (χ1n) is 13.4. The van der Waals surface area contributed by atoms with Gasteiger partial charge in [-0.3, -0.25) is 0 Å². The summed E-state index contributed by atoms with van der Waals surface area (Å²) < 4.78 is 33.3. The lowest BCUT2D eigenvalue weighted by Crippen LogP contribution is -2.16. The first-order chi connectivity index (χ1) is 19.0. The highest BCUT2D eigenvalue weighted by Gasteiger charge is 2.36. The lowest BCUT2D eigenvalue weighted by molar-refractivity contribution is -0.0245. The number of alkyl halides is 2. The van der Waals surface area contributed by atoms with E-state index in [2.05, 4.69) is 54.3 Å². The minimum atomic E-state index is -3.03. The summed E-state index contributed by atoms with van der Waals surface area (Å²) in [6.07, 6.45) is 3.33. The van der Waals surface area contributed by atoms with Crippen molar-refractivity contribution in [3.05, 3.63) is 83.9 Å². The van der Waals surface area contributed by atoms with Crippen molar-refractivity contribution in [3.8, 4) is 28.5 Å². The van der Waals surface area contributed by atoms with Crippen LogP contribution in [-0.4, -0.2) is 40.0 Å². The Morgan fingerprint density at radius 1 is 0.872 bits per heavy atom. The molecule has 8 nitrogen and oxygen atoms in total.